The molecule has 1 aliphatic heterocycles. The fraction of sp³-hybridized carbons (Fsp3) is 0.185. The second-order valence-electron chi connectivity index (χ2n) is 8.27. The number of pyridine rings is 1. The second-order valence-corrected chi connectivity index (χ2v) is 8.27. The molecule has 3 aromatic carbocycles. The minimum Gasteiger partial charge on any atom is -0.322 e. The number of hydrogen-bond donors (Lipinski definition) is 1. The standard InChI is InChI=1S/C27H23F2N3O/c28-22-11-10-19(16-23(22)29)30-27(33)26-20-8-4-5-9-24(20)31-25-13-15-32(17-21(25)26)14-12-18-6-2-1-3-7-18/h1-11,16H,12-15,17H2,(H,30,33). The number of aromatic nitrogens is 1. The minimum absolute atomic E-state index is 0.213. The van der Waals surface area contributed by atoms with Gasteiger partial charge in [0.2, 0.25) is 0 Å². The van der Waals surface area contributed by atoms with Crippen LogP contribution in [0.4, 0.5) is 14.5 Å². The van der Waals surface area contributed by atoms with Crippen LogP contribution < -0.4 is 5.32 Å². The molecule has 1 amide bonds. The van der Waals surface area contributed by atoms with E-state index in [0.717, 1.165) is 60.2 Å². The lowest BCUT2D eigenvalue weighted by Crippen LogP contribution is -2.34. The molecular weight excluding hydrogens is 420 g/mol. The van der Waals surface area contributed by atoms with E-state index < -0.39 is 11.6 Å². The summed E-state index contributed by atoms with van der Waals surface area (Å²) in [6.45, 7) is 2.36. The van der Waals surface area contributed by atoms with E-state index in [-0.39, 0.29) is 11.6 Å². The van der Waals surface area contributed by atoms with Crippen molar-refractivity contribution in [1.82, 2.24) is 9.88 Å². The van der Waals surface area contributed by atoms with E-state index in [4.69, 9.17) is 4.98 Å². The summed E-state index contributed by atoms with van der Waals surface area (Å²) in [4.78, 5) is 20.6. The molecule has 5 rings (SSSR count). The average molecular weight is 443 g/mol. The molecule has 4 nitrogen and oxygen atoms in total. The maximum Gasteiger partial charge on any atom is 0.256 e. The Balaban J connectivity index is 1.47. The highest BCUT2D eigenvalue weighted by molar-refractivity contribution is 6.13. The molecule has 4 aromatic rings. The van der Waals surface area contributed by atoms with E-state index in [2.05, 4.69) is 22.3 Å². The number of carbonyl (C=O) groups is 1. The monoisotopic (exact) mass is 443 g/mol. The number of nitrogens with one attached hydrogen (secondary N) is 1. The van der Waals surface area contributed by atoms with Crippen molar-refractivity contribution < 1.29 is 13.6 Å². The van der Waals surface area contributed by atoms with E-state index in [0.29, 0.717) is 12.1 Å². The van der Waals surface area contributed by atoms with Gasteiger partial charge in [-0.15, -0.1) is 0 Å². The van der Waals surface area contributed by atoms with Crippen molar-refractivity contribution in [3.8, 4) is 0 Å². The number of amides is 1. The lowest BCUT2D eigenvalue weighted by molar-refractivity contribution is 0.102. The van der Waals surface area contributed by atoms with Crippen LogP contribution in [0.25, 0.3) is 10.9 Å². The lowest BCUT2D eigenvalue weighted by atomic mass is 9.95. The number of halogens is 2. The quantitative estimate of drug-likeness (QED) is 0.451. The van der Waals surface area contributed by atoms with Crippen molar-refractivity contribution in [2.45, 2.75) is 19.4 Å². The summed E-state index contributed by atoms with van der Waals surface area (Å²) in [5, 5.41) is 3.50. The van der Waals surface area contributed by atoms with Gasteiger partial charge < -0.3 is 5.32 Å². The Morgan fingerprint density at radius 1 is 0.970 bits per heavy atom. The number of para-hydroxylation sites is 1. The highest BCUT2D eigenvalue weighted by Gasteiger charge is 2.26. The zero-order valence-electron chi connectivity index (χ0n) is 18.0. The Labute approximate surface area is 190 Å². The molecule has 166 valence electrons. The molecule has 0 radical (unpaired) electrons. The van der Waals surface area contributed by atoms with Gasteiger partial charge in [-0.25, -0.2) is 8.78 Å². The molecule has 33 heavy (non-hydrogen) atoms. The van der Waals surface area contributed by atoms with Crippen LogP contribution in [0.5, 0.6) is 0 Å². The molecule has 0 spiro atoms. The third kappa shape index (κ3) is 4.47. The van der Waals surface area contributed by atoms with Crippen molar-refractivity contribution in [2.24, 2.45) is 0 Å². The van der Waals surface area contributed by atoms with Crippen LogP contribution in [0.15, 0.2) is 72.8 Å². The smallest absolute Gasteiger partial charge is 0.256 e. The fourth-order valence-electron chi connectivity index (χ4n) is 4.40. The van der Waals surface area contributed by atoms with Gasteiger partial charge >= 0.3 is 0 Å². The zero-order valence-corrected chi connectivity index (χ0v) is 18.0. The topological polar surface area (TPSA) is 45.2 Å². The molecule has 0 atom stereocenters. The predicted molar refractivity (Wildman–Crippen MR) is 125 cm³/mol. The first kappa shape index (κ1) is 21.2. The highest BCUT2D eigenvalue weighted by atomic mass is 19.2. The van der Waals surface area contributed by atoms with Gasteiger partial charge in [0.1, 0.15) is 0 Å². The van der Waals surface area contributed by atoms with E-state index in [1.165, 1.54) is 11.6 Å². The van der Waals surface area contributed by atoms with Crippen molar-refractivity contribution >= 4 is 22.5 Å². The second kappa shape index (κ2) is 9.08. The van der Waals surface area contributed by atoms with Gasteiger partial charge in [0, 0.05) is 54.5 Å². The van der Waals surface area contributed by atoms with Gasteiger partial charge in [0.25, 0.3) is 5.91 Å². The third-order valence-electron chi connectivity index (χ3n) is 6.09. The van der Waals surface area contributed by atoms with Crippen molar-refractivity contribution in [3.05, 3.63) is 107 Å². The molecule has 1 aromatic heterocycles. The Morgan fingerprint density at radius 3 is 2.58 bits per heavy atom. The summed E-state index contributed by atoms with van der Waals surface area (Å²) in [6.07, 6.45) is 1.67. The number of hydrogen-bond acceptors (Lipinski definition) is 3. The van der Waals surface area contributed by atoms with Gasteiger partial charge in [-0.3, -0.25) is 14.7 Å². The molecule has 0 fully saturated rings. The van der Waals surface area contributed by atoms with E-state index >= 15 is 0 Å². The Hall–Kier alpha value is -3.64. The van der Waals surface area contributed by atoms with Crippen LogP contribution in [0.2, 0.25) is 0 Å². The van der Waals surface area contributed by atoms with E-state index in [9.17, 15) is 13.6 Å². The average Bonchev–Trinajstić information content (AvgIpc) is 2.84. The zero-order chi connectivity index (χ0) is 22.8. The van der Waals surface area contributed by atoms with Crippen LogP contribution in [0, 0.1) is 11.6 Å². The molecule has 2 heterocycles. The Kier molecular flexibility index (Phi) is 5.84. The molecule has 6 heteroatoms. The molecule has 0 saturated carbocycles. The predicted octanol–water partition coefficient (Wildman–Crippen LogP) is 5.37. The van der Waals surface area contributed by atoms with E-state index in [1.54, 1.807) is 0 Å². The summed E-state index contributed by atoms with van der Waals surface area (Å²) in [7, 11) is 0. The van der Waals surface area contributed by atoms with Gasteiger partial charge in [-0.05, 0) is 30.2 Å². The van der Waals surface area contributed by atoms with Gasteiger partial charge in [0.05, 0.1) is 11.1 Å². The number of fused-ring (bicyclic) bond motifs is 2. The maximum atomic E-state index is 13.7. The fourth-order valence-corrected chi connectivity index (χ4v) is 4.40. The van der Waals surface area contributed by atoms with Crippen molar-refractivity contribution in [2.75, 3.05) is 18.4 Å². The summed E-state index contributed by atoms with van der Waals surface area (Å²) in [5.74, 6) is -2.30. The number of benzene rings is 3. The summed E-state index contributed by atoms with van der Waals surface area (Å²) < 4.78 is 27.0. The molecule has 0 bridgehead atoms. The Morgan fingerprint density at radius 2 is 1.76 bits per heavy atom. The lowest BCUT2D eigenvalue weighted by Gasteiger charge is -2.30. The normalized spacial score (nSPS) is 13.6. The number of carbonyl (C=O) groups excluding carboxylic acids is 1. The first-order valence-corrected chi connectivity index (χ1v) is 11.0. The highest BCUT2D eigenvalue weighted by Crippen LogP contribution is 2.29. The summed E-state index contributed by atoms with van der Waals surface area (Å²) in [5.41, 5.74) is 4.60. The molecule has 1 aliphatic rings. The number of nitrogens with zero attached hydrogens (tertiary/aromatic N) is 2. The molecule has 0 unspecified atom stereocenters. The Bertz CT molecular complexity index is 1320. The maximum absolute atomic E-state index is 13.7. The van der Waals surface area contributed by atoms with Crippen LogP contribution in [0.3, 0.4) is 0 Å². The first-order chi connectivity index (χ1) is 16.1. The van der Waals surface area contributed by atoms with Gasteiger partial charge in [-0.2, -0.15) is 0 Å². The number of anilines is 1. The van der Waals surface area contributed by atoms with Crippen molar-refractivity contribution in [1.29, 1.82) is 0 Å². The van der Waals surface area contributed by atoms with E-state index in [1.807, 2.05) is 42.5 Å². The van der Waals surface area contributed by atoms with Crippen LogP contribution in [-0.2, 0) is 19.4 Å². The van der Waals surface area contributed by atoms with Crippen LogP contribution in [-0.4, -0.2) is 28.9 Å². The largest absolute Gasteiger partial charge is 0.322 e. The molecule has 1 N–H and O–H groups in total. The summed E-state index contributed by atoms with van der Waals surface area (Å²) in [6, 6.07) is 21.2. The number of rotatable bonds is 5. The van der Waals surface area contributed by atoms with Crippen LogP contribution in [0.1, 0.15) is 27.2 Å². The van der Waals surface area contributed by atoms with Crippen LogP contribution >= 0.6 is 0 Å². The first-order valence-electron chi connectivity index (χ1n) is 11.0. The SMILES string of the molecule is O=C(Nc1ccc(F)c(F)c1)c1c2c(nc3ccccc13)CCN(CCc1ccccc1)C2. The minimum atomic E-state index is -0.999. The molecule has 0 aliphatic carbocycles. The molecule has 0 saturated heterocycles. The van der Waals surface area contributed by atoms with Gasteiger partial charge in [0.15, 0.2) is 11.6 Å². The van der Waals surface area contributed by atoms with Crippen molar-refractivity contribution in [3.63, 3.8) is 0 Å². The molecular formula is C27H23F2N3O. The summed E-state index contributed by atoms with van der Waals surface area (Å²) >= 11 is 0. The van der Waals surface area contributed by atoms with Gasteiger partial charge in [-0.1, -0.05) is 48.5 Å². The third-order valence-corrected chi connectivity index (χ3v) is 6.09.